The third-order valence-electron chi connectivity index (χ3n) is 2.78. The van der Waals surface area contributed by atoms with Gasteiger partial charge in [0.1, 0.15) is 4.21 Å². The summed E-state index contributed by atoms with van der Waals surface area (Å²) in [6, 6.07) is 3.39. The maximum atomic E-state index is 11.8. The van der Waals surface area contributed by atoms with E-state index in [4.69, 9.17) is 0 Å². The molecule has 1 aromatic heterocycles. The fraction of sp³-hybridized carbons (Fsp3) is 0.600. The first-order valence-corrected chi connectivity index (χ1v) is 7.78. The van der Waals surface area contributed by atoms with Gasteiger partial charge in [-0.15, -0.1) is 11.3 Å². The molecule has 2 N–H and O–H groups in total. The van der Waals surface area contributed by atoms with Crippen LogP contribution in [0.5, 0.6) is 0 Å². The summed E-state index contributed by atoms with van der Waals surface area (Å²) in [6.07, 6.45) is 2.10. The smallest absolute Gasteiger partial charge is 0.250 e. The van der Waals surface area contributed by atoms with Crippen molar-refractivity contribution in [1.82, 2.24) is 10.0 Å². The second-order valence-corrected chi connectivity index (χ2v) is 6.92. The van der Waals surface area contributed by atoms with E-state index in [1.165, 1.54) is 11.3 Å². The molecule has 2 rings (SSSR count). The predicted molar refractivity (Wildman–Crippen MR) is 65.1 cm³/mol. The average Bonchev–Trinajstić information content (AvgIpc) is 2.82. The number of piperidine rings is 1. The molecule has 0 saturated carbocycles. The quantitative estimate of drug-likeness (QED) is 0.850. The molecule has 4 nitrogen and oxygen atoms in total. The van der Waals surface area contributed by atoms with Crippen LogP contribution < -0.4 is 10.0 Å². The van der Waals surface area contributed by atoms with Crippen molar-refractivity contribution in [3.8, 4) is 0 Å². The van der Waals surface area contributed by atoms with Crippen molar-refractivity contribution in [3.63, 3.8) is 0 Å². The Morgan fingerprint density at radius 1 is 1.44 bits per heavy atom. The number of hydrogen-bond acceptors (Lipinski definition) is 4. The molecule has 0 amide bonds. The van der Waals surface area contributed by atoms with Gasteiger partial charge in [-0.1, -0.05) is 6.07 Å². The highest BCUT2D eigenvalue weighted by atomic mass is 32.2. The summed E-state index contributed by atoms with van der Waals surface area (Å²) in [5.74, 6) is 0.469. The molecule has 90 valence electrons. The molecule has 16 heavy (non-hydrogen) atoms. The Morgan fingerprint density at radius 2 is 2.19 bits per heavy atom. The van der Waals surface area contributed by atoms with Crippen molar-refractivity contribution in [2.24, 2.45) is 5.92 Å². The van der Waals surface area contributed by atoms with Crippen molar-refractivity contribution < 1.29 is 8.42 Å². The first-order chi connectivity index (χ1) is 7.68. The number of hydrogen-bond donors (Lipinski definition) is 2. The highest BCUT2D eigenvalue weighted by molar-refractivity contribution is 7.91. The van der Waals surface area contributed by atoms with E-state index < -0.39 is 10.0 Å². The molecule has 0 aliphatic carbocycles. The number of sulfonamides is 1. The Hall–Kier alpha value is -0.430. The topological polar surface area (TPSA) is 58.2 Å². The van der Waals surface area contributed by atoms with Crippen LogP contribution in [-0.4, -0.2) is 28.1 Å². The molecule has 1 aliphatic rings. The lowest BCUT2D eigenvalue weighted by Crippen LogP contribution is -2.35. The van der Waals surface area contributed by atoms with Crippen LogP contribution >= 0.6 is 11.3 Å². The Kier molecular flexibility index (Phi) is 3.96. The average molecular weight is 260 g/mol. The molecular weight excluding hydrogens is 244 g/mol. The number of thiophene rings is 1. The molecule has 6 heteroatoms. The van der Waals surface area contributed by atoms with Gasteiger partial charge in [0, 0.05) is 6.54 Å². The van der Waals surface area contributed by atoms with Crippen LogP contribution in [-0.2, 0) is 10.0 Å². The summed E-state index contributed by atoms with van der Waals surface area (Å²) in [5.41, 5.74) is 0. The zero-order valence-corrected chi connectivity index (χ0v) is 10.6. The second-order valence-electron chi connectivity index (χ2n) is 3.98. The van der Waals surface area contributed by atoms with E-state index in [9.17, 15) is 8.42 Å². The van der Waals surface area contributed by atoms with Crippen LogP contribution in [0.15, 0.2) is 21.7 Å². The first kappa shape index (κ1) is 12.0. The molecule has 1 aromatic rings. The standard InChI is InChI=1S/C10H16N2O2S2/c13-16(14,10-2-1-7-15-10)12-8-9-3-5-11-6-4-9/h1-2,7,9,11-12H,3-6,8H2. The van der Waals surface area contributed by atoms with Gasteiger partial charge in [-0.3, -0.25) is 0 Å². The van der Waals surface area contributed by atoms with E-state index in [2.05, 4.69) is 10.0 Å². The van der Waals surface area contributed by atoms with Crippen LogP contribution in [0.1, 0.15) is 12.8 Å². The molecule has 0 radical (unpaired) electrons. The summed E-state index contributed by atoms with van der Waals surface area (Å²) in [4.78, 5) is 0. The lowest BCUT2D eigenvalue weighted by molar-refractivity contribution is 0.372. The van der Waals surface area contributed by atoms with Crippen LogP contribution in [0.2, 0.25) is 0 Å². The van der Waals surface area contributed by atoms with Gasteiger partial charge < -0.3 is 5.32 Å². The molecule has 0 spiro atoms. The van der Waals surface area contributed by atoms with Gasteiger partial charge in [0.2, 0.25) is 10.0 Å². The van der Waals surface area contributed by atoms with Crippen molar-refractivity contribution in [1.29, 1.82) is 0 Å². The Bertz CT molecular complexity index is 408. The fourth-order valence-electron chi connectivity index (χ4n) is 1.80. The third-order valence-corrected chi connectivity index (χ3v) is 5.60. The molecule has 1 fully saturated rings. The summed E-state index contributed by atoms with van der Waals surface area (Å²) in [7, 11) is -3.27. The molecule has 1 saturated heterocycles. The van der Waals surface area contributed by atoms with Crippen LogP contribution in [0.3, 0.4) is 0 Å². The minimum absolute atomic E-state index is 0.404. The van der Waals surface area contributed by atoms with Crippen LogP contribution in [0.4, 0.5) is 0 Å². The third kappa shape index (κ3) is 3.04. The van der Waals surface area contributed by atoms with Crippen LogP contribution in [0.25, 0.3) is 0 Å². The highest BCUT2D eigenvalue weighted by Crippen LogP contribution is 2.16. The van der Waals surface area contributed by atoms with Crippen molar-refractivity contribution in [2.75, 3.05) is 19.6 Å². The maximum absolute atomic E-state index is 11.8. The van der Waals surface area contributed by atoms with Crippen molar-refractivity contribution in [3.05, 3.63) is 17.5 Å². The predicted octanol–water partition coefficient (Wildman–Crippen LogP) is 1.03. The maximum Gasteiger partial charge on any atom is 0.250 e. The fourth-order valence-corrected chi connectivity index (χ4v) is 3.95. The molecule has 1 aliphatic heterocycles. The molecule has 0 atom stereocenters. The highest BCUT2D eigenvalue weighted by Gasteiger charge is 2.18. The summed E-state index contributed by atoms with van der Waals surface area (Å²) < 4.78 is 26.7. The minimum Gasteiger partial charge on any atom is -0.317 e. The van der Waals surface area contributed by atoms with E-state index in [1.807, 2.05) is 0 Å². The zero-order valence-electron chi connectivity index (χ0n) is 8.98. The van der Waals surface area contributed by atoms with E-state index >= 15 is 0 Å². The van der Waals surface area contributed by atoms with E-state index in [-0.39, 0.29) is 0 Å². The summed E-state index contributed by atoms with van der Waals surface area (Å²) in [5, 5.41) is 5.04. The van der Waals surface area contributed by atoms with Gasteiger partial charge in [0.25, 0.3) is 0 Å². The van der Waals surface area contributed by atoms with E-state index in [0.717, 1.165) is 25.9 Å². The Labute approximate surface area is 100 Å². The Balaban J connectivity index is 1.89. The van der Waals surface area contributed by atoms with Gasteiger partial charge in [-0.2, -0.15) is 0 Å². The monoisotopic (exact) mass is 260 g/mol. The zero-order chi connectivity index (χ0) is 11.4. The van der Waals surface area contributed by atoms with Gasteiger partial charge in [-0.05, 0) is 43.3 Å². The first-order valence-electron chi connectivity index (χ1n) is 5.42. The summed E-state index contributed by atoms with van der Waals surface area (Å²) >= 11 is 1.25. The van der Waals surface area contributed by atoms with Crippen molar-refractivity contribution in [2.45, 2.75) is 17.1 Å². The molecule has 2 heterocycles. The van der Waals surface area contributed by atoms with Gasteiger partial charge in [0.15, 0.2) is 0 Å². The molecule has 0 bridgehead atoms. The normalized spacial score (nSPS) is 18.8. The minimum atomic E-state index is -3.27. The molecular formula is C10H16N2O2S2. The second kappa shape index (κ2) is 5.27. The van der Waals surface area contributed by atoms with E-state index in [1.54, 1.807) is 17.5 Å². The van der Waals surface area contributed by atoms with Gasteiger partial charge in [-0.25, -0.2) is 13.1 Å². The lowest BCUT2D eigenvalue weighted by Gasteiger charge is -2.22. The summed E-state index contributed by atoms with van der Waals surface area (Å²) in [6.45, 7) is 2.54. The SMILES string of the molecule is O=S(=O)(NCC1CCNCC1)c1cccs1. The van der Waals surface area contributed by atoms with Crippen molar-refractivity contribution >= 4 is 21.4 Å². The van der Waals surface area contributed by atoms with E-state index in [0.29, 0.717) is 16.7 Å². The van der Waals surface area contributed by atoms with Crippen LogP contribution in [0, 0.1) is 5.92 Å². The largest absolute Gasteiger partial charge is 0.317 e. The number of nitrogens with one attached hydrogen (secondary N) is 2. The molecule has 0 aromatic carbocycles. The molecule has 0 unspecified atom stereocenters. The number of rotatable bonds is 4. The van der Waals surface area contributed by atoms with Gasteiger partial charge in [0.05, 0.1) is 0 Å². The van der Waals surface area contributed by atoms with Gasteiger partial charge >= 0.3 is 0 Å². The lowest BCUT2D eigenvalue weighted by atomic mass is 9.99. The Morgan fingerprint density at radius 3 is 2.81 bits per heavy atom.